The Morgan fingerprint density at radius 3 is 2.48 bits per heavy atom. The van der Waals surface area contributed by atoms with E-state index in [1.165, 1.54) is 7.11 Å². The van der Waals surface area contributed by atoms with Gasteiger partial charge in [-0.3, -0.25) is 4.79 Å². The summed E-state index contributed by atoms with van der Waals surface area (Å²) in [5, 5.41) is 0.802. The topological polar surface area (TPSA) is 51.5 Å². The molecule has 0 atom stereocenters. The number of methoxy groups -OCH3 is 1. The second kappa shape index (κ2) is 6.43. The van der Waals surface area contributed by atoms with Crippen molar-refractivity contribution in [3.63, 3.8) is 0 Å². The van der Waals surface area contributed by atoms with Crippen LogP contribution in [0.1, 0.15) is 24.2 Å². The maximum absolute atomic E-state index is 12.3. The van der Waals surface area contributed by atoms with Crippen LogP contribution in [-0.2, 0) is 16.1 Å². The lowest BCUT2D eigenvalue weighted by molar-refractivity contribution is -0.131. The van der Waals surface area contributed by atoms with Crippen LogP contribution in [0.15, 0.2) is 30.5 Å². The summed E-state index contributed by atoms with van der Waals surface area (Å²) in [6.45, 7) is 5.49. The highest BCUT2D eigenvalue weighted by atomic mass is 16.5. The lowest BCUT2D eigenvalue weighted by Gasteiger charge is -2.19. The molecule has 21 heavy (non-hydrogen) atoms. The number of ether oxygens (including phenoxy) is 1. The number of amides is 1. The molecule has 1 aromatic heterocycles. The predicted octanol–water partition coefficient (Wildman–Crippen LogP) is 2.30. The van der Waals surface area contributed by atoms with Crippen LogP contribution in [0, 0.1) is 0 Å². The minimum absolute atomic E-state index is 0.0390. The zero-order chi connectivity index (χ0) is 15.4. The number of likely N-dealkylation sites (N-methyl/N-ethyl adjacent to an activating group) is 1. The molecule has 0 aliphatic heterocycles. The molecule has 0 bridgehead atoms. The lowest BCUT2D eigenvalue weighted by atomic mass is 10.2. The average Bonchev–Trinajstić information content (AvgIpc) is 2.87. The van der Waals surface area contributed by atoms with Crippen molar-refractivity contribution < 1.29 is 14.3 Å². The first-order valence-corrected chi connectivity index (χ1v) is 7.06. The van der Waals surface area contributed by atoms with Crippen LogP contribution in [0.3, 0.4) is 0 Å². The Hall–Kier alpha value is -2.30. The molecular formula is C16H20N2O3. The summed E-state index contributed by atoms with van der Waals surface area (Å²) in [4.78, 5) is 25.9. The number of aromatic nitrogens is 1. The quantitative estimate of drug-likeness (QED) is 0.793. The van der Waals surface area contributed by atoms with E-state index in [1.807, 2.05) is 42.7 Å². The van der Waals surface area contributed by atoms with Crippen molar-refractivity contribution in [2.45, 2.75) is 20.4 Å². The molecule has 0 aliphatic rings. The number of hydrogen-bond acceptors (Lipinski definition) is 3. The van der Waals surface area contributed by atoms with E-state index in [1.54, 1.807) is 11.1 Å². The van der Waals surface area contributed by atoms with Crippen molar-refractivity contribution in [1.29, 1.82) is 0 Å². The van der Waals surface area contributed by atoms with Gasteiger partial charge in [-0.15, -0.1) is 0 Å². The summed E-state index contributed by atoms with van der Waals surface area (Å²) in [5.41, 5.74) is 1.35. The number of carbonyl (C=O) groups is 2. The zero-order valence-corrected chi connectivity index (χ0v) is 12.6. The number of fused-ring (bicyclic) bond motifs is 1. The molecule has 0 spiro atoms. The summed E-state index contributed by atoms with van der Waals surface area (Å²) >= 11 is 0. The lowest BCUT2D eigenvalue weighted by Crippen LogP contribution is -2.33. The molecule has 5 nitrogen and oxygen atoms in total. The number of hydrogen-bond donors (Lipinski definition) is 0. The van der Waals surface area contributed by atoms with E-state index in [4.69, 9.17) is 4.74 Å². The van der Waals surface area contributed by atoms with Gasteiger partial charge in [0.15, 0.2) is 0 Å². The second-order valence-corrected chi connectivity index (χ2v) is 4.75. The number of para-hydroxylation sites is 1. The third-order valence-corrected chi connectivity index (χ3v) is 3.62. The van der Waals surface area contributed by atoms with Crippen molar-refractivity contribution in [1.82, 2.24) is 9.47 Å². The maximum Gasteiger partial charge on any atom is 0.340 e. The van der Waals surface area contributed by atoms with Crippen LogP contribution in [0.25, 0.3) is 10.9 Å². The van der Waals surface area contributed by atoms with Crippen LogP contribution < -0.4 is 0 Å². The normalized spacial score (nSPS) is 10.6. The van der Waals surface area contributed by atoms with Gasteiger partial charge in [-0.05, 0) is 19.9 Å². The van der Waals surface area contributed by atoms with Gasteiger partial charge in [0.1, 0.15) is 6.54 Å². The van der Waals surface area contributed by atoms with Crippen molar-refractivity contribution in [3.8, 4) is 0 Å². The molecular weight excluding hydrogens is 268 g/mol. The Morgan fingerprint density at radius 1 is 1.19 bits per heavy atom. The van der Waals surface area contributed by atoms with Gasteiger partial charge >= 0.3 is 5.97 Å². The summed E-state index contributed by atoms with van der Waals surface area (Å²) in [7, 11) is 1.36. The number of carbonyl (C=O) groups excluding carboxylic acids is 2. The van der Waals surface area contributed by atoms with Crippen LogP contribution in [0.2, 0.25) is 0 Å². The van der Waals surface area contributed by atoms with Crippen LogP contribution in [0.4, 0.5) is 0 Å². The highest BCUT2D eigenvalue weighted by Gasteiger charge is 2.17. The Kier molecular flexibility index (Phi) is 4.62. The molecule has 0 saturated heterocycles. The van der Waals surface area contributed by atoms with Gasteiger partial charge in [0.2, 0.25) is 5.91 Å². The molecule has 0 N–H and O–H groups in total. The fraction of sp³-hybridized carbons (Fsp3) is 0.375. The summed E-state index contributed by atoms with van der Waals surface area (Å²) in [5.74, 6) is -0.350. The standard InChI is InChI=1S/C16H20N2O3/c1-4-17(5-2)15(19)11-18-10-13(16(20)21-3)12-8-6-7-9-14(12)18/h6-10H,4-5,11H2,1-3H3. The van der Waals surface area contributed by atoms with Gasteiger partial charge in [-0.25, -0.2) is 4.79 Å². The van der Waals surface area contributed by atoms with E-state index < -0.39 is 0 Å². The zero-order valence-electron chi connectivity index (χ0n) is 12.6. The molecule has 5 heteroatoms. The number of esters is 1. The van der Waals surface area contributed by atoms with E-state index >= 15 is 0 Å². The van der Waals surface area contributed by atoms with Crippen LogP contribution in [-0.4, -0.2) is 41.5 Å². The van der Waals surface area contributed by atoms with Gasteiger partial charge in [-0.1, -0.05) is 18.2 Å². The Morgan fingerprint density at radius 2 is 1.86 bits per heavy atom. The third-order valence-electron chi connectivity index (χ3n) is 3.62. The molecule has 0 radical (unpaired) electrons. The molecule has 0 saturated carbocycles. The van der Waals surface area contributed by atoms with E-state index in [9.17, 15) is 9.59 Å². The molecule has 112 valence electrons. The molecule has 1 amide bonds. The first-order valence-electron chi connectivity index (χ1n) is 7.06. The number of nitrogens with zero attached hydrogens (tertiary/aromatic N) is 2. The first-order chi connectivity index (χ1) is 10.1. The fourth-order valence-corrected chi connectivity index (χ4v) is 2.47. The summed E-state index contributed by atoms with van der Waals surface area (Å²) in [6, 6.07) is 7.52. The van der Waals surface area contributed by atoms with Crippen molar-refractivity contribution in [2.24, 2.45) is 0 Å². The molecule has 1 heterocycles. The van der Waals surface area contributed by atoms with Gasteiger partial charge in [-0.2, -0.15) is 0 Å². The van der Waals surface area contributed by atoms with Crippen molar-refractivity contribution >= 4 is 22.8 Å². The van der Waals surface area contributed by atoms with Crippen molar-refractivity contribution in [3.05, 3.63) is 36.0 Å². The predicted molar refractivity (Wildman–Crippen MR) is 81.2 cm³/mol. The molecule has 0 unspecified atom stereocenters. The molecule has 0 aliphatic carbocycles. The minimum atomic E-state index is -0.389. The largest absolute Gasteiger partial charge is 0.465 e. The van der Waals surface area contributed by atoms with E-state index in [0.717, 1.165) is 10.9 Å². The molecule has 0 fully saturated rings. The Bertz CT molecular complexity index is 657. The monoisotopic (exact) mass is 288 g/mol. The van der Waals surface area contributed by atoms with Gasteiger partial charge in [0.25, 0.3) is 0 Å². The SMILES string of the molecule is CCN(CC)C(=O)Cn1cc(C(=O)OC)c2ccccc21. The molecule has 1 aromatic carbocycles. The maximum atomic E-state index is 12.3. The van der Waals surface area contributed by atoms with Gasteiger partial charge in [0, 0.05) is 30.2 Å². The van der Waals surface area contributed by atoms with Crippen molar-refractivity contribution in [2.75, 3.05) is 20.2 Å². The highest BCUT2D eigenvalue weighted by molar-refractivity contribution is 6.04. The van der Waals surface area contributed by atoms with E-state index in [-0.39, 0.29) is 18.4 Å². The minimum Gasteiger partial charge on any atom is -0.465 e. The van der Waals surface area contributed by atoms with Gasteiger partial charge in [0.05, 0.1) is 12.7 Å². The number of benzene rings is 1. The van der Waals surface area contributed by atoms with Gasteiger partial charge < -0.3 is 14.2 Å². The van der Waals surface area contributed by atoms with E-state index in [0.29, 0.717) is 18.7 Å². The summed E-state index contributed by atoms with van der Waals surface area (Å²) < 4.78 is 6.61. The Balaban J connectivity index is 2.40. The van der Waals surface area contributed by atoms with E-state index in [2.05, 4.69) is 0 Å². The summed E-state index contributed by atoms with van der Waals surface area (Å²) in [6.07, 6.45) is 1.69. The first kappa shape index (κ1) is 15.1. The smallest absolute Gasteiger partial charge is 0.340 e. The molecule has 2 rings (SSSR count). The molecule has 2 aromatic rings. The van der Waals surface area contributed by atoms with Crippen LogP contribution >= 0.6 is 0 Å². The van der Waals surface area contributed by atoms with Crippen LogP contribution in [0.5, 0.6) is 0 Å². The third kappa shape index (κ3) is 2.91. The second-order valence-electron chi connectivity index (χ2n) is 4.75. The average molecular weight is 288 g/mol. The fourth-order valence-electron chi connectivity index (χ4n) is 2.47. The highest BCUT2D eigenvalue weighted by Crippen LogP contribution is 2.22. The Labute approximate surface area is 124 Å². The number of rotatable bonds is 5.